The van der Waals surface area contributed by atoms with Crippen LogP contribution >= 0.6 is 0 Å². The van der Waals surface area contributed by atoms with Crippen LogP contribution < -0.4 is 5.43 Å². The topological polar surface area (TPSA) is 45.7 Å². The summed E-state index contributed by atoms with van der Waals surface area (Å²) in [5.74, 6) is 0. The fourth-order valence-electron chi connectivity index (χ4n) is 8.09. The number of benzene rings is 8. The van der Waals surface area contributed by atoms with Gasteiger partial charge in [-0.05, 0) is 81.4 Å². The molecule has 2 heterocycles. The van der Waals surface area contributed by atoms with Crippen LogP contribution in [0.1, 0.15) is 5.56 Å². The SMILES string of the molecule is N=C/C(=C\Nn1c2ccccc2c2cc(-c3ccc4c5ccccc5n(-c5ccccc5)c4c3)ccc21)c1ccccc1-c1ccc(-c2ccccc2)cc1. The molecule has 0 atom stereocenters. The maximum Gasteiger partial charge on any atom is 0.0710 e. The molecular weight excluding hydrogens is 669 g/mol. The van der Waals surface area contributed by atoms with E-state index in [2.05, 4.69) is 197 Å². The zero-order valence-corrected chi connectivity index (χ0v) is 30.0. The van der Waals surface area contributed by atoms with Gasteiger partial charge in [-0.1, -0.05) is 152 Å². The summed E-state index contributed by atoms with van der Waals surface area (Å²) in [5, 5.41) is 13.3. The van der Waals surface area contributed by atoms with Gasteiger partial charge in [0.25, 0.3) is 0 Å². The van der Waals surface area contributed by atoms with Crippen LogP contribution in [0.25, 0.3) is 88.3 Å². The number of para-hydroxylation sites is 3. The molecule has 10 rings (SSSR count). The predicted octanol–water partition coefficient (Wildman–Crippen LogP) is 13.1. The predicted molar refractivity (Wildman–Crippen MR) is 233 cm³/mol. The molecule has 0 saturated carbocycles. The molecule has 0 bridgehead atoms. The fourth-order valence-corrected chi connectivity index (χ4v) is 8.09. The molecule has 0 radical (unpaired) electrons. The third kappa shape index (κ3) is 5.60. The minimum atomic E-state index is 0.785. The number of aromatic nitrogens is 2. The standard InChI is InChI=1S/C51H36N4/c52-33-40(43-18-8-7-17-42(43)37-25-23-36(24-26-37)35-13-3-1-4-14-35)34-53-55-49-22-12-10-20-45(49)47-31-38(28-30-50(47)55)39-27-29-46-44-19-9-11-21-48(44)54(51(46)32-39)41-15-5-2-6-16-41/h1-34,52-53H/b40-34+,52-33?. The van der Waals surface area contributed by atoms with E-state index in [4.69, 9.17) is 5.41 Å². The molecule has 8 aromatic carbocycles. The zero-order valence-electron chi connectivity index (χ0n) is 30.0. The molecule has 0 aliphatic rings. The first kappa shape index (κ1) is 32.2. The van der Waals surface area contributed by atoms with Crippen molar-refractivity contribution in [1.82, 2.24) is 9.24 Å². The van der Waals surface area contributed by atoms with Crippen LogP contribution in [0.5, 0.6) is 0 Å². The molecule has 10 aromatic rings. The lowest BCUT2D eigenvalue weighted by atomic mass is 9.94. The Kier molecular flexibility index (Phi) is 7.93. The molecule has 0 spiro atoms. The van der Waals surface area contributed by atoms with E-state index in [1.807, 2.05) is 18.3 Å². The van der Waals surface area contributed by atoms with Gasteiger partial charge in [0.2, 0.25) is 0 Å². The Morgan fingerprint density at radius 2 is 0.964 bits per heavy atom. The zero-order chi connectivity index (χ0) is 36.7. The molecule has 0 fully saturated rings. The second kappa shape index (κ2) is 13.5. The summed E-state index contributed by atoms with van der Waals surface area (Å²) >= 11 is 0. The molecule has 260 valence electrons. The summed E-state index contributed by atoms with van der Waals surface area (Å²) in [6.07, 6.45) is 3.38. The van der Waals surface area contributed by atoms with E-state index < -0.39 is 0 Å². The Bertz CT molecular complexity index is 3060. The molecule has 55 heavy (non-hydrogen) atoms. The van der Waals surface area contributed by atoms with Crippen LogP contribution in [0.3, 0.4) is 0 Å². The minimum absolute atomic E-state index is 0.785. The van der Waals surface area contributed by atoms with Crippen LogP contribution in [0, 0.1) is 5.41 Å². The molecule has 0 amide bonds. The first-order valence-electron chi connectivity index (χ1n) is 18.6. The highest BCUT2D eigenvalue weighted by Crippen LogP contribution is 2.37. The fraction of sp³-hybridized carbons (Fsp3) is 0. The average molecular weight is 705 g/mol. The number of rotatable bonds is 8. The van der Waals surface area contributed by atoms with Crippen molar-refractivity contribution in [2.24, 2.45) is 0 Å². The Labute approximate surface area is 319 Å². The Hall–Kier alpha value is -7.43. The van der Waals surface area contributed by atoms with Gasteiger partial charge in [0.15, 0.2) is 0 Å². The van der Waals surface area contributed by atoms with E-state index in [9.17, 15) is 0 Å². The average Bonchev–Trinajstić information content (AvgIpc) is 3.76. The van der Waals surface area contributed by atoms with Crippen molar-refractivity contribution in [1.29, 1.82) is 5.41 Å². The van der Waals surface area contributed by atoms with Crippen molar-refractivity contribution in [3.8, 4) is 39.1 Å². The van der Waals surface area contributed by atoms with Crippen molar-refractivity contribution in [2.75, 3.05) is 5.43 Å². The number of nitrogens with one attached hydrogen (secondary N) is 2. The summed E-state index contributed by atoms with van der Waals surface area (Å²) in [6.45, 7) is 0. The largest absolute Gasteiger partial charge is 0.309 e. The molecule has 0 saturated heterocycles. The van der Waals surface area contributed by atoms with E-state index in [1.165, 1.54) is 44.7 Å². The Morgan fingerprint density at radius 3 is 1.75 bits per heavy atom. The van der Waals surface area contributed by atoms with Gasteiger partial charge in [-0.2, -0.15) is 0 Å². The Morgan fingerprint density at radius 1 is 0.418 bits per heavy atom. The van der Waals surface area contributed by atoms with Crippen LogP contribution in [0.15, 0.2) is 200 Å². The van der Waals surface area contributed by atoms with Crippen molar-refractivity contribution in [3.05, 3.63) is 206 Å². The van der Waals surface area contributed by atoms with Crippen molar-refractivity contribution < 1.29 is 0 Å². The van der Waals surface area contributed by atoms with E-state index in [0.717, 1.165) is 55.3 Å². The lowest BCUT2D eigenvalue weighted by Gasteiger charge is -2.13. The maximum absolute atomic E-state index is 8.50. The summed E-state index contributed by atoms with van der Waals surface area (Å²) in [6, 6.07) is 68.7. The maximum atomic E-state index is 8.50. The van der Waals surface area contributed by atoms with Gasteiger partial charge in [0.05, 0.1) is 22.1 Å². The number of nitrogens with zero attached hydrogens (tertiary/aromatic N) is 2. The molecule has 2 N–H and O–H groups in total. The van der Waals surface area contributed by atoms with E-state index >= 15 is 0 Å². The summed E-state index contributed by atoms with van der Waals surface area (Å²) in [7, 11) is 0. The first-order chi connectivity index (χ1) is 27.2. The third-order valence-corrected chi connectivity index (χ3v) is 10.7. The lowest BCUT2D eigenvalue weighted by molar-refractivity contribution is 1.05. The summed E-state index contributed by atoms with van der Waals surface area (Å²) in [5.41, 5.74) is 17.9. The van der Waals surface area contributed by atoms with Crippen LogP contribution in [0.2, 0.25) is 0 Å². The van der Waals surface area contributed by atoms with Crippen LogP contribution in [-0.4, -0.2) is 15.5 Å². The van der Waals surface area contributed by atoms with Crippen LogP contribution in [0.4, 0.5) is 0 Å². The smallest absolute Gasteiger partial charge is 0.0710 e. The molecular formula is C51H36N4. The second-order valence-corrected chi connectivity index (χ2v) is 13.9. The van der Waals surface area contributed by atoms with Gasteiger partial charge in [-0.15, -0.1) is 0 Å². The van der Waals surface area contributed by atoms with Gasteiger partial charge in [-0.25, -0.2) is 0 Å². The molecule has 2 aromatic heterocycles. The van der Waals surface area contributed by atoms with Gasteiger partial charge in [0.1, 0.15) is 0 Å². The second-order valence-electron chi connectivity index (χ2n) is 13.9. The Balaban J connectivity index is 1.03. The quantitative estimate of drug-likeness (QED) is 0.152. The molecule has 0 unspecified atom stereocenters. The number of hydrogen-bond donors (Lipinski definition) is 2. The number of allylic oxidation sites excluding steroid dienone is 1. The van der Waals surface area contributed by atoms with E-state index in [0.29, 0.717) is 0 Å². The highest BCUT2D eigenvalue weighted by atomic mass is 15.4. The van der Waals surface area contributed by atoms with Gasteiger partial charge >= 0.3 is 0 Å². The molecule has 4 heteroatoms. The number of fused-ring (bicyclic) bond motifs is 6. The highest BCUT2D eigenvalue weighted by molar-refractivity contribution is 6.13. The first-order valence-corrected chi connectivity index (χ1v) is 18.6. The van der Waals surface area contributed by atoms with Gasteiger partial charge in [-0.3, -0.25) is 4.68 Å². The van der Waals surface area contributed by atoms with E-state index in [1.54, 1.807) is 0 Å². The summed E-state index contributed by atoms with van der Waals surface area (Å²) < 4.78 is 4.50. The van der Waals surface area contributed by atoms with Crippen molar-refractivity contribution >= 4 is 55.4 Å². The van der Waals surface area contributed by atoms with Crippen molar-refractivity contribution in [3.63, 3.8) is 0 Å². The molecule has 4 nitrogen and oxygen atoms in total. The van der Waals surface area contributed by atoms with Gasteiger partial charge < -0.3 is 15.4 Å². The van der Waals surface area contributed by atoms with Crippen LogP contribution in [-0.2, 0) is 0 Å². The highest BCUT2D eigenvalue weighted by Gasteiger charge is 2.16. The van der Waals surface area contributed by atoms with Crippen molar-refractivity contribution in [2.45, 2.75) is 0 Å². The monoisotopic (exact) mass is 704 g/mol. The minimum Gasteiger partial charge on any atom is -0.309 e. The van der Waals surface area contributed by atoms with E-state index in [-0.39, 0.29) is 0 Å². The normalized spacial score (nSPS) is 11.8. The molecule has 0 aliphatic heterocycles. The lowest BCUT2D eigenvalue weighted by Crippen LogP contribution is -2.08. The molecule has 0 aliphatic carbocycles. The summed E-state index contributed by atoms with van der Waals surface area (Å²) in [4.78, 5) is 0. The third-order valence-electron chi connectivity index (χ3n) is 10.7. The van der Waals surface area contributed by atoms with Gasteiger partial charge in [0, 0.05) is 45.2 Å². The number of hydrogen-bond acceptors (Lipinski definition) is 2.